The van der Waals surface area contributed by atoms with Gasteiger partial charge in [0, 0.05) is 35.8 Å². The predicted molar refractivity (Wildman–Crippen MR) is 124 cm³/mol. The molecule has 5 nitrogen and oxygen atoms in total. The summed E-state index contributed by atoms with van der Waals surface area (Å²) < 4.78 is 4.01. The van der Waals surface area contributed by atoms with Crippen molar-refractivity contribution in [2.24, 2.45) is 5.73 Å². The number of benzene rings is 3. The zero-order chi connectivity index (χ0) is 20.7. The number of hydrogen-bond acceptors (Lipinski definition) is 3. The first kappa shape index (κ1) is 18.6. The fraction of sp³-hybridized carbons (Fsp3) is 0.200. The van der Waals surface area contributed by atoms with Crippen LogP contribution in [0.1, 0.15) is 13.3 Å². The molecule has 0 aliphatic carbocycles. The summed E-state index contributed by atoms with van der Waals surface area (Å²) in [6.45, 7) is 4.04. The van der Waals surface area contributed by atoms with Gasteiger partial charge in [-0.1, -0.05) is 42.5 Å². The Morgan fingerprint density at radius 2 is 1.70 bits per heavy atom. The highest BCUT2D eigenvalue weighted by atomic mass is 16.1. The Kier molecular flexibility index (Phi) is 4.60. The quantitative estimate of drug-likeness (QED) is 0.444. The van der Waals surface area contributed by atoms with Crippen LogP contribution < -0.4 is 11.3 Å². The van der Waals surface area contributed by atoms with Crippen molar-refractivity contribution in [1.82, 2.24) is 14.1 Å². The zero-order valence-corrected chi connectivity index (χ0v) is 17.0. The second-order valence-corrected chi connectivity index (χ2v) is 7.59. The lowest BCUT2D eigenvalue weighted by Gasteiger charge is -2.11. The van der Waals surface area contributed by atoms with Crippen LogP contribution in [-0.4, -0.2) is 20.7 Å². The van der Waals surface area contributed by atoms with Gasteiger partial charge in [0.05, 0.1) is 11.0 Å². The fourth-order valence-electron chi connectivity index (χ4n) is 4.30. The molecular formula is C25H24N4O. The van der Waals surface area contributed by atoms with Gasteiger partial charge in [-0.3, -0.25) is 4.79 Å². The van der Waals surface area contributed by atoms with Crippen LogP contribution in [0.5, 0.6) is 0 Å². The van der Waals surface area contributed by atoms with E-state index in [1.807, 2.05) is 35.8 Å². The van der Waals surface area contributed by atoms with Crippen LogP contribution in [0.25, 0.3) is 44.0 Å². The fourth-order valence-corrected chi connectivity index (χ4v) is 4.30. The second-order valence-electron chi connectivity index (χ2n) is 7.59. The van der Waals surface area contributed by atoms with Gasteiger partial charge in [-0.15, -0.1) is 0 Å². The van der Waals surface area contributed by atoms with Crippen molar-refractivity contribution in [2.75, 3.05) is 6.54 Å². The molecule has 0 amide bonds. The van der Waals surface area contributed by atoms with Gasteiger partial charge in [0.15, 0.2) is 0 Å². The van der Waals surface area contributed by atoms with Crippen LogP contribution >= 0.6 is 0 Å². The van der Waals surface area contributed by atoms with Crippen LogP contribution in [0.4, 0.5) is 0 Å². The molecule has 0 unspecified atom stereocenters. The third kappa shape index (κ3) is 2.90. The molecule has 5 aromatic rings. The van der Waals surface area contributed by atoms with Crippen molar-refractivity contribution in [1.29, 1.82) is 0 Å². The Morgan fingerprint density at radius 1 is 0.967 bits per heavy atom. The van der Waals surface area contributed by atoms with Gasteiger partial charge in [-0.05, 0) is 48.9 Å². The SMILES string of the molecule is CCn1c(=O)c(-c2cn(CCCN)c3ccccc23)nc2cc3ccccc3cc21. The van der Waals surface area contributed by atoms with E-state index in [0.29, 0.717) is 18.8 Å². The molecule has 0 aliphatic heterocycles. The Balaban J connectivity index is 1.82. The number of aryl methyl sites for hydroxylation is 2. The summed E-state index contributed by atoms with van der Waals surface area (Å²) in [5.41, 5.74) is 9.87. The summed E-state index contributed by atoms with van der Waals surface area (Å²) in [4.78, 5) is 18.4. The normalized spacial score (nSPS) is 11.7. The minimum Gasteiger partial charge on any atom is -0.347 e. The minimum atomic E-state index is -0.0537. The molecular weight excluding hydrogens is 372 g/mol. The van der Waals surface area contributed by atoms with Crippen molar-refractivity contribution in [3.05, 3.63) is 77.2 Å². The van der Waals surface area contributed by atoms with Gasteiger partial charge >= 0.3 is 0 Å². The maximum atomic E-state index is 13.5. The number of nitrogens with two attached hydrogens (primary N) is 1. The minimum absolute atomic E-state index is 0.0537. The molecule has 0 atom stereocenters. The van der Waals surface area contributed by atoms with E-state index in [1.165, 1.54) is 0 Å². The molecule has 0 saturated heterocycles. The molecule has 30 heavy (non-hydrogen) atoms. The number of aromatic nitrogens is 3. The van der Waals surface area contributed by atoms with Gasteiger partial charge in [0.25, 0.3) is 5.56 Å². The lowest BCUT2D eigenvalue weighted by atomic mass is 10.1. The molecule has 2 aromatic heterocycles. The lowest BCUT2D eigenvalue weighted by molar-refractivity contribution is 0.671. The summed E-state index contributed by atoms with van der Waals surface area (Å²) in [7, 11) is 0. The summed E-state index contributed by atoms with van der Waals surface area (Å²) in [5.74, 6) is 0. The molecule has 0 saturated carbocycles. The third-order valence-corrected chi connectivity index (χ3v) is 5.78. The van der Waals surface area contributed by atoms with Gasteiger partial charge in [0.1, 0.15) is 5.69 Å². The van der Waals surface area contributed by atoms with E-state index < -0.39 is 0 Å². The van der Waals surface area contributed by atoms with Crippen LogP contribution in [0.3, 0.4) is 0 Å². The highest BCUT2D eigenvalue weighted by Gasteiger charge is 2.17. The van der Waals surface area contributed by atoms with Crippen LogP contribution in [0.15, 0.2) is 71.7 Å². The number of para-hydroxylation sites is 1. The molecule has 0 spiro atoms. The highest BCUT2D eigenvalue weighted by Crippen LogP contribution is 2.30. The molecule has 0 radical (unpaired) electrons. The Bertz CT molecular complexity index is 1440. The van der Waals surface area contributed by atoms with Crippen molar-refractivity contribution >= 4 is 32.7 Å². The molecule has 0 aliphatic rings. The first-order valence-corrected chi connectivity index (χ1v) is 10.4. The average molecular weight is 396 g/mol. The summed E-state index contributed by atoms with van der Waals surface area (Å²) in [5, 5.41) is 3.27. The van der Waals surface area contributed by atoms with E-state index in [2.05, 4.69) is 47.2 Å². The summed E-state index contributed by atoms with van der Waals surface area (Å²) in [6, 6.07) is 20.5. The van der Waals surface area contributed by atoms with Crippen molar-refractivity contribution in [3.63, 3.8) is 0 Å². The Morgan fingerprint density at radius 3 is 2.47 bits per heavy atom. The van der Waals surface area contributed by atoms with Crippen LogP contribution in [0.2, 0.25) is 0 Å². The van der Waals surface area contributed by atoms with E-state index in [0.717, 1.165) is 51.2 Å². The first-order chi connectivity index (χ1) is 14.7. The molecule has 2 N–H and O–H groups in total. The van der Waals surface area contributed by atoms with Crippen LogP contribution in [0, 0.1) is 0 Å². The summed E-state index contributed by atoms with van der Waals surface area (Å²) in [6.07, 6.45) is 2.94. The third-order valence-electron chi connectivity index (χ3n) is 5.78. The zero-order valence-electron chi connectivity index (χ0n) is 17.0. The molecule has 5 heteroatoms. The van der Waals surface area contributed by atoms with E-state index in [1.54, 1.807) is 0 Å². The van der Waals surface area contributed by atoms with Gasteiger partial charge in [-0.2, -0.15) is 0 Å². The van der Waals surface area contributed by atoms with E-state index in [9.17, 15) is 4.79 Å². The topological polar surface area (TPSA) is 65.8 Å². The largest absolute Gasteiger partial charge is 0.347 e. The maximum absolute atomic E-state index is 13.5. The van der Waals surface area contributed by atoms with Gasteiger partial charge in [-0.25, -0.2) is 4.98 Å². The molecule has 0 bridgehead atoms. The number of fused-ring (bicyclic) bond motifs is 3. The Labute approximate surface area is 174 Å². The molecule has 2 heterocycles. The monoisotopic (exact) mass is 396 g/mol. The predicted octanol–water partition coefficient (Wildman–Crippen LogP) is 4.54. The number of nitrogens with zero attached hydrogens (tertiary/aromatic N) is 3. The van der Waals surface area contributed by atoms with E-state index in [4.69, 9.17) is 10.7 Å². The van der Waals surface area contributed by atoms with Crippen molar-refractivity contribution in [2.45, 2.75) is 26.4 Å². The van der Waals surface area contributed by atoms with Crippen molar-refractivity contribution < 1.29 is 0 Å². The molecule has 3 aromatic carbocycles. The highest BCUT2D eigenvalue weighted by molar-refractivity contribution is 5.98. The molecule has 150 valence electrons. The number of rotatable bonds is 5. The van der Waals surface area contributed by atoms with Crippen LogP contribution in [-0.2, 0) is 13.1 Å². The lowest BCUT2D eigenvalue weighted by Crippen LogP contribution is -2.23. The average Bonchev–Trinajstić information content (AvgIpc) is 3.14. The van der Waals surface area contributed by atoms with Gasteiger partial charge in [0.2, 0.25) is 0 Å². The number of hydrogen-bond donors (Lipinski definition) is 1. The van der Waals surface area contributed by atoms with E-state index in [-0.39, 0.29) is 5.56 Å². The first-order valence-electron chi connectivity index (χ1n) is 10.4. The summed E-state index contributed by atoms with van der Waals surface area (Å²) >= 11 is 0. The maximum Gasteiger partial charge on any atom is 0.277 e. The van der Waals surface area contributed by atoms with E-state index >= 15 is 0 Å². The Hall–Kier alpha value is -3.44. The molecule has 5 rings (SSSR count). The molecule has 0 fully saturated rings. The second kappa shape index (κ2) is 7.43. The smallest absolute Gasteiger partial charge is 0.277 e. The van der Waals surface area contributed by atoms with Crippen molar-refractivity contribution in [3.8, 4) is 11.3 Å². The van der Waals surface area contributed by atoms with Gasteiger partial charge < -0.3 is 14.9 Å². The standard InChI is InChI=1S/C25H24N4O/c1-2-29-23-15-18-9-4-3-8-17(18)14-21(23)27-24(25(29)30)20-16-28(13-7-12-26)22-11-6-5-10-19(20)22/h3-6,8-11,14-16H,2,7,12-13,26H2,1H3.